The van der Waals surface area contributed by atoms with E-state index in [0.29, 0.717) is 12.0 Å². The molecule has 0 saturated heterocycles. The summed E-state index contributed by atoms with van der Waals surface area (Å²) in [7, 11) is 0. The molecule has 1 unspecified atom stereocenters. The average Bonchev–Trinajstić information content (AvgIpc) is 2.43. The van der Waals surface area contributed by atoms with Gasteiger partial charge in [0.05, 0.1) is 5.56 Å². The van der Waals surface area contributed by atoms with E-state index in [9.17, 15) is 4.79 Å². The van der Waals surface area contributed by atoms with Crippen molar-refractivity contribution in [1.29, 1.82) is 0 Å². The minimum absolute atomic E-state index is 0. The Labute approximate surface area is 109 Å². The van der Waals surface area contributed by atoms with Crippen molar-refractivity contribution in [3.63, 3.8) is 0 Å². The molecule has 2 rings (SSSR count). The second kappa shape index (κ2) is 4.54. The van der Waals surface area contributed by atoms with Crippen molar-refractivity contribution in [1.82, 2.24) is 0 Å². The minimum Gasteiger partial charge on any atom is -0.457 e. The largest absolute Gasteiger partial charge is 0.457 e. The van der Waals surface area contributed by atoms with Gasteiger partial charge in [-0.1, -0.05) is 17.7 Å². The monoisotopic (exact) mass is 264 g/mol. The zero-order valence-corrected chi connectivity index (χ0v) is 11.0. The van der Waals surface area contributed by atoms with Crippen molar-refractivity contribution >= 4 is 5.97 Å². The number of aryl methyl sites for hydroxylation is 1. The molecule has 1 heterocycles. The van der Waals surface area contributed by atoms with E-state index in [2.05, 4.69) is 6.92 Å². The summed E-state index contributed by atoms with van der Waals surface area (Å²) in [5.41, 5.74) is 2.76. The molecule has 14 heavy (non-hydrogen) atoms. The van der Waals surface area contributed by atoms with Crippen LogP contribution in [0.25, 0.3) is 0 Å². The van der Waals surface area contributed by atoms with Crippen molar-refractivity contribution < 1.29 is 42.2 Å². The van der Waals surface area contributed by atoms with Crippen LogP contribution in [0.1, 0.15) is 34.0 Å². The number of esters is 1. The van der Waals surface area contributed by atoms with Crippen LogP contribution in [-0.4, -0.2) is 5.97 Å². The van der Waals surface area contributed by atoms with Crippen molar-refractivity contribution in [3.05, 3.63) is 41.8 Å². The summed E-state index contributed by atoms with van der Waals surface area (Å²) < 4.78 is 5.13. The van der Waals surface area contributed by atoms with Crippen LogP contribution in [0.5, 0.6) is 0 Å². The van der Waals surface area contributed by atoms with Gasteiger partial charge in [0.1, 0.15) is 6.10 Å². The maximum atomic E-state index is 11.3. The van der Waals surface area contributed by atoms with Crippen molar-refractivity contribution in [2.24, 2.45) is 0 Å². The fourth-order valence-corrected chi connectivity index (χ4v) is 1.60. The molecule has 3 heteroatoms. The number of carbonyl (C=O) groups is 1. The van der Waals surface area contributed by atoms with Crippen LogP contribution in [-0.2, 0) is 37.4 Å². The molecule has 0 saturated carbocycles. The van der Waals surface area contributed by atoms with Gasteiger partial charge in [0, 0.05) is 38.3 Å². The van der Waals surface area contributed by atoms with Crippen LogP contribution in [0, 0.1) is 13.8 Å². The molecule has 2 nitrogen and oxygen atoms in total. The van der Waals surface area contributed by atoms with Gasteiger partial charge in [-0.05, 0) is 13.0 Å². The summed E-state index contributed by atoms with van der Waals surface area (Å²) in [4.78, 5) is 11.3. The van der Waals surface area contributed by atoms with Gasteiger partial charge in [0.15, 0.2) is 0 Å². The van der Waals surface area contributed by atoms with Crippen LogP contribution in [0.2, 0.25) is 0 Å². The van der Waals surface area contributed by atoms with Gasteiger partial charge in [0.2, 0.25) is 0 Å². The summed E-state index contributed by atoms with van der Waals surface area (Å²) in [5.74, 6) is -0.215. The number of fused-ring (bicyclic) bond motifs is 1. The van der Waals surface area contributed by atoms with E-state index in [-0.39, 0.29) is 44.8 Å². The van der Waals surface area contributed by atoms with Crippen LogP contribution < -0.4 is 0 Å². The Morgan fingerprint density at radius 2 is 2.21 bits per heavy atom. The maximum absolute atomic E-state index is 11.3. The molecule has 1 atom stereocenters. The third-order valence-electron chi connectivity index (χ3n) is 2.29. The molecular formula is C11H11O2Y-. The molecule has 0 bridgehead atoms. The molecule has 0 fully saturated rings. The van der Waals surface area contributed by atoms with Crippen LogP contribution >= 0.6 is 0 Å². The molecule has 0 aromatic heterocycles. The Hall–Kier alpha value is -0.206. The zero-order valence-electron chi connectivity index (χ0n) is 8.12. The van der Waals surface area contributed by atoms with Crippen molar-refractivity contribution in [3.8, 4) is 0 Å². The predicted octanol–water partition coefficient (Wildman–Crippen LogP) is 2.43. The molecule has 1 aliphatic rings. The van der Waals surface area contributed by atoms with Crippen LogP contribution in [0.4, 0.5) is 0 Å². The van der Waals surface area contributed by atoms with Gasteiger partial charge in [-0.15, -0.1) is 6.42 Å². The van der Waals surface area contributed by atoms with Gasteiger partial charge in [0.25, 0.3) is 0 Å². The Morgan fingerprint density at radius 1 is 1.50 bits per heavy atom. The van der Waals surface area contributed by atoms with E-state index in [1.807, 2.05) is 25.1 Å². The average molecular weight is 264 g/mol. The Kier molecular flexibility index (Phi) is 3.85. The van der Waals surface area contributed by atoms with Crippen molar-refractivity contribution in [2.45, 2.75) is 19.4 Å². The molecule has 71 valence electrons. The quantitative estimate of drug-likeness (QED) is 0.575. The number of ether oxygens (including phenoxy) is 1. The summed E-state index contributed by atoms with van der Waals surface area (Å²) in [6.07, 6.45) is 0.463. The molecule has 1 aromatic rings. The Morgan fingerprint density at radius 3 is 2.86 bits per heavy atom. The van der Waals surface area contributed by atoms with Crippen LogP contribution in [0.15, 0.2) is 18.2 Å². The molecule has 0 spiro atoms. The molecule has 0 N–H and O–H groups in total. The summed E-state index contributed by atoms with van der Waals surface area (Å²) in [6.45, 7) is 5.71. The summed E-state index contributed by atoms with van der Waals surface area (Å²) in [6, 6.07) is 5.81. The van der Waals surface area contributed by atoms with E-state index in [0.717, 1.165) is 11.1 Å². The van der Waals surface area contributed by atoms with Gasteiger partial charge in [-0.2, -0.15) is 0 Å². The minimum atomic E-state index is -0.215. The normalized spacial score (nSPS) is 18.4. The van der Waals surface area contributed by atoms with E-state index >= 15 is 0 Å². The topological polar surface area (TPSA) is 26.3 Å². The third kappa shape index (κ3) is 1.91. The first-order chi connectivity index (χ1) is 6.22. The summed E-state index contributed by atoms with van der Waals surface area (Å²) >= 11 is 0. The maximum Gasteiger partial charge on any atom is 0.339 e. The Bertz CT molecular complexity index is 360. The first kappa shape index (κ1) is 11.9. The molecule has 1 aromatic carbocycles. The second-order valence-corrected chi connectivity index (χ2v) is 3.27. The number of carbonyl (C=O) groups excluding carboxylic acids is 1. The third-order valence-corrected chi connectivity index (χ3v) is 2.29. The standard InChI is InChI=1S/C11H11O2.Y/c1-3-10-8-5-4-7(2)6-9(8)11(12)13-10;/h4-6,10H,1,3H2,2H3;/q-1;. The number of hydrogen-bond donors (Lipinski definition) is 0. The van der Waals surface area contributed by atoms with Gasteiger partial charge in [-0.3, -0.25) is 0 Å². The van der Waals surface area contributed by atoms with E-state index in [4.69, 9.17) is 4.74 Å². The fraction of sp³-hybridized carbons (Fsp3) is 0.273. The number of rotatable bonds is 1. The fourth-order valence-electron chi connectivity index (χ4n) is 1.60. The first-order valence-electron chi connectivity index (χ1n) is 4.33. The second-order valence-electron chi connectivity index (χ2n) is 3.27. The first-order valence-corrected chi connectivity index (χ1v) is 4.33. The van der Waals surface area contributed by atoms with Gasteiger partial charge in [-0.25, -0.2) is 4.79 Å². The predicted molar refractivity (Wildman–Crippen MR) is 49.3 cm³/mol. The van der Waals surface area contributed by atoms with Gasteiger partial charge >= 0.3 is 5.97 Å². The van der Waals surface area contributed by atoms with E-state index < -0.39 is 0 Å². The molecule has 0 aliphatic carbocycles. The molecule has 0 amide bonds. The molecule has 1 radical (unpaired) electrons. The van der Waals surface area contributed by atoms with Crippen molar-refractivity contribution in [2.75, 3.05) is 0 Å². The summed E-state index contributed by atoms with van der Waals surface area (Å²) in [5, 5.41) is 0. The van der Waals surface area contributed by atoms with E-state index in [1.54, 1.807) is 0 Å². The Balaban J connectivity index is 0.000000980. The smallest absolute Gasteiger partial charge is 0.339 e. The SMILES string of the molecule is [CH2-]CC1OC(=O)c2cc(C)ccc21.[Y]. The zero-order chi connectivity index (χ0) is 9.42. The number of cyclic esters (lactones) is 1. The van der Waals surface area contributed by atoms with Crippen LogP contribution in [0.3, 0.4) is 0 Å². The van der Waals surface area contributed by atoms with E-state index in [1.165, 1.54) is 0 Å². The number of hydrogen-bond acceptors (Lipinski definition) is 2. The number of benzene rings is 1. The molecular weight excluding hydrogens is 253 g/mol. The molecule has 1 aliphatic heterocycles. The van der Waals surface area contributed by atoms with Gasteiger partial charge < -0.3 is 11.7 Å².